The van der Waals surface area contributed by atoms with Crippen LogP contribution in [0.2, 0.25) is 0 Å². The minimum Gasteiger partial charge on any atom is -0.387 e. The Morgan fingerprint density at radius 1 is 1.29 bits per heavy atom. The van der Waals surface area contributed by atoms with Crippen LogP contribution in [0.15, 0.2) is 6.07 Å². The smallest absolute Gasteiger partial charge is 0.222 e. The number of carbonyl (C=O) groups is 1. The first-order valence-electron chi connectivity index (χ1n) is 9.19. The molecule has 0 spiro atoms. The van der Waals surface area contributed by atoms with Crippen LogP contribution >= 0.6 is 0 Å². The van der Waals surface area contributed by atoms with Crippen molar-refractivity contribution >= 4 is 5.91 Å². The maximum Gasteiger partial charge on any atom is 0.222 e. The molecule has 0 aliphatic carbocycles. The van der Waals surface area contributed by atoms with Gasteiger partial charge in [0.15, 0.2) is 0 Å². The summed E-state index contributed by atoms with van der Waals surface area (Å²) in [5, 5.41) is 15.2. The van der Waals surface area contributed by atoms with Gasteiger partial charge in [-0.05, 0) is 58.7 Å². The van der Waals surface area contributed by atoms with Gasteiger partial charge in [-0.3, -0.25) is 9.48 Å². The molecule has 3 rings (SSSR count). The number of carbonyl (C=O) groups excluding carboxylic acids is 1. The minimum atomic E-state index is -0.713. The molecule has 2 aliphatic heterocycles. The highest BCUT2D eigenvalue weighted by molar-refractivity contribution is 5.76. The topological polar surface area (TPSA) is 61.6 Å². The van der Waals surface area contributed by atoms with Gasteiger partial charge in [-0.1, -0.05) is 0 Å². The average molecular weight is 334 g/mol. The second-order valence-corrected chi connectivity index (χ2v) is 7.53. The van der Waals surface area contributed by atoms with Crippen molar-refractivity contribution < 1.29 is 9.90 Å². The lowest BCUT2D eigenvalue weighted by molar-refractivity contribution is -0.131. The third-order valence-electron chi connectivity index (χ3n) is 5.27. The van der Waals surface area contributed by atoms with E-state index in [4.69, 9.17) is 0 Å². The zero-order chi connectivity index (χ0) is 17.2. The zero-order valence-corrected chi connectivity index (χ0v) is 15.0. The largest absolute Gasteiger partial charge is 0.387 e. The quantitative estimate of drug-likeness (QED) is 0.853. The zero-order valence-electron chi connectivity index (χ0n) is 15.0. The van der Waals surface area contributed by atoms with E-state index in [1.54, 1.807) is 0 Å². The Hall–Kier alpha value is -1.40. The summed E-state index contributed by atoms with van der Waals surface area (Å²) in [5.41, 5.74) is 1.45. The van der Waals surface area contributed by atoms with E-state index < -0.39 is 5.60 Å². The Morgan fingerprint density at radius 2 is 2.04 bits per heavy atom. The molecule has 0 bridgehead atoms. The summed E-state index contributed by atoms with van der Waals surface area (Å²) in [7, 11) is 0. The van der Waals surface area contributed by atoms with Crippen molar-refractivity contribution in [2.45, 2.75) is 58.1 Å². The van der Waals surface area contributed by atoms with E-state index in [0.717, 1.165) is 37.4 Å². The first kappa shape index (κ1) is 17.4. The fourth-order valence-electron chi connectivity index (χ4n) is 3.99. The molecule has 0 unspecified atom stereocenters. The van der Waals surface area contributed by atoms with Crippen LogP contribution in [0.3, 0.4) is 0 Å². The molecule has 6 nitrogen and oxygen atoms in total. The van der Waals surface area contributed by atoms with E-state index in [1.807, 2.05) is 23.4 Å². The molecule has 2 saturated heterocycles. The summed E-state index contributed by atoms with van der Waals surface area (Å²) in [6, 6.07) is 2.06. The van der Waals surface area contributed by atoms with E-state index in [1.165, 1.54) is 12.8 Å². The molecule has 0 radical (unpaired) electrons. The van der Waals surface area contributed by atoms with Crippen molar-refractivity contribution in [3.05, 3.63) is 17.5 Å². The lowest BCUT2D eigenvalue weighted by Crippen LogP contribution is -2.45. The van der Waals surface area contributed by atoms with Gasteiger partial charge in [-0.25, -0.2) is 0 Å². The minimum absolute atomic E-state index is 0.161. The number of hydrogen-bond donors (Lipinski definition) is 1. The molecule has 1 amide bonds. The van der Waals surface area contributed by atoms with Gasteiger partial charge >= 0.3 is 0 Å². The van der Waals surface area contributed by atoms with E-state index >= 15 is 0 Å². The number of nitrogens with zero attached hydrogens (tertiary/aromatic N) is 4. The van der Waals surface area contributed by atoms with Crippen LogP contribution < -0.4 is 0 Å². The van der Waals surface area contributed by atoms with E-state index in [-0.39, 0.29) is 5.91 Å². The predicted molar refractivity (Wildman–Crippen MR) is 92.8 cm³/mol. The standard InChI is InChI=1S/C18H30N4O2/c1-15-12-16(2)22(19-15)10-5-6-17(23)21-11-7-18(24,14-21)13-20-8-3-4-9-20/h12,24H,3-11,13-14H2,1-2H3/t18-/m0/s1. The fourth-order valence-corrected chi connectivity index (χ4v) is 3.99. The van der Waals surface area contributed by atoms with Crippen molar-refractivity contribution in [3.8, 4) is 0 Å². The van der Waals surface area contributed by atoms with Crippen LogP contribution in [0, 0.1) is 13.8 Å². The number of aromatic nitrogens is 2. The second-order valence-electron chi connectivity index (χ2n) is 7.53. The molecule has 1 aromatic rings. The molecule has 1 aromatic heterocycles. The molecule has 1 atom stereocenters. The molecule has 24 heavy (non-hydrogen) atoms. The summed E-state index contributed by atoms with van der Waals surface area (Å²) in [6.45, 7) is 8.85. The molecule has 0 aromatic carbocycles. The molecular formula is C18H30N4O2. The first-order chi connectivity index (χ1) is 11.5. The Kier molecular flexibility index (Phi) is 5.25. The van der Waals surface area contributed by atoms with Crippen molar-refractivity contribution in [3.63, 3.8) is 0 Å². The summed E-state index contributed by atoms with van der Waals surface area (Å²) >= 11 is 0. The Labute approximate surface area is 144 Å². The number of aliphatic hydroxyl groups is 1. The Bertz CT molecular complexity index is 580. The Morgan fingerprint density at radius 3 is 2.71 bits per heavy atom. The highest BCUT2D eigenvalue weighted by Gasteiger charge is 2.39. The van der Waals surface area contributed by atoms with E-state index in [2.05, 4.69) is 16.1 Å². The molecule has 134 valence electrons. The van der Waals surface area contributed by atoms with Gasteiger partial charge in [0.1, 0.15) is 0 Å². The molecule has 1 N–H and O–H groups in total. The highest BCUT2D eigenvalue weighted by Crippen LogP contribution is 2.25. The second kappa shape index (κ2) is 7.23. The van der Waals surface area contributed by atoms with Gasteiger partial charge in [0.25, 0.3) is 0 Å². The number of rotatable bonds is 6. The average Bonchev–Trinajstić information content (AvgIpc) is 3.22. The molecule has 0 saturated carbocycles. The molecular weight excluding hydrogens is 304 g/mol. The third kappa shape index (κ3) is 4.16. The van der Waals surface area contributed by atoms with Crippen LogP contribution in [0.5, 0.6) is 0 Å². The van der Waals surface area contributed by atoms with E-state index in [9.17, 15) is 9.90 Å². The van der Waals surface area contributed by atoms with Gasteiger partial charge in [-0.2, -0.15) is 5.10 Å². The monoisotopic (exact) mass is 334 g/mol. The van der Waals surface area contributed by atoms with Crippen LogP contribution in [0.25, 0.3) is 0 Å². The van der Waals surface area contributed by atoms with Crippen molar-refractivity contribution in [1.29, 1.82) is 0 Å². The SMILES string of the molecule is Cc1cc(C)n(CCCC(=O)N2CC[C@](O)(CN3CCCC3)C2)n1. The van der Waals surface area contributed by atoms with Gasteiger partial charge in [0, 0.05) is 31.7 Å². The van der Waals surface area contributed by atoms with Crippen molar-refractivity contribution in [2.24, 2.45) is 0 Å². The number of amides is 1. The number of β-amino-alcohol motifs (C(OH)–C–C–N with tert-alkyl or cyclic N) is 1. The third-order valence-corrected chi connectivity index (χ3v) is 5.27. The number of aryl methyl sites for hydroxylation is 3. The van der Waals surface area contributed by atoms with Gasteiger partial charge in [-0.15, -0.1) is 0 Å². The van der Waals surface area contributed by atoms with Gasteiger partial charge < -0.3 is 14.9 Å². The summed E-state index contributed by atoms with van der Waals surface area (Å²) in [6.07, 6.45) is 4.47. The first-order valence-corrected chi connectivity index (χ1v) is 9.19. The molecule has 2 aliphatic rings. The maximum absolute atomic E-state index is 12.4. The normalized spacial score (nSPS) is 24.9. The molecule has 6 heteroatoms. The maximum atomic E-state index is 12.4. The molecule has 2 fully saturated rings. The van der Waals surface area contributed by atoms with Crippen LogP contribution in [0.1, 0.15) is 43.5 Å². The highest BCUT2D eigenvalue weighted by atomic mass is 16.3. The lowest BCUT2D eigenvalue weighted by Gasteiger charge is -2.28. The molecule has 3 heterocycles. The number of hydrogen-bond acceptors (Lipinski definition) is 4. The van der Waals surface area contributed by atoms with Crippen LogP contribution in [-0.2, 0) is 11.3 Å². The number of likely N-dealkylation sites (tertiary alicyclic amines) is 2. The van der Waals surface area contributed by atoms with Crippen molar-refractivity contribution in [2.75, 3.05) is 32.7 Å². The van der Waals surface area contributed by atoms with Gasteiger partial charge in [0.05, 0.1) is 17.8 Å². The summed E-state index contributed by atoms with van der Waals surface area (Å²) in [4.78, 5) is 16.6. The van der Waals surface area contributed by atoms with E-state index in [0.29, 0.717) is 32.5 Å². The summed E-state index contributed by atoms with van der Waals surface area (Å²) in [5.74, 6) is 0.161. The summed E-state index contributed by atoms with van der Waals surface area (Å²) < 4.78 is 1.97. The lowest BCUT2D eigenvalue weighted by atomic mass is 10.0. The van der Waals surface area contributed by atoms with Gasteiger partial charge in [0.2, 0.25) is 5.91 Å². The predicted octanol–water partition coefficient (Wildman–Crippen LogP) is 1.34. The Balaban J connectivity index is 1.43. The van der Waals surface area contributed by atoms with Crippen LogP contribution in [-0.4, -0.2) is 68.9 Å². The van der Waals surface area contributed by atoms with Crippen molar-refractivity contribution in [1.82, 2.24) is 19.6 Å². The van der Waals surface area contributed by atoms with Crippen LogP contribution in [0.4, 0.5) is 0 Å². The fraction of sp³-hybridized carbons (Fsp3) is 0.778.